The first-order valence-electron chi connectivity index (χ1n) is 7.07. The molecule has 7 nitrogen and oxygen atoms in total. The summed E-state index contributed by atoms with van der Waals surface area (Å²) < 4.78 is 0. The van der Waals surface area contributed by atoms with Gasteiger partial charge in [0, 0.05) is 12.6 Å². The lowest BCUT2D eigenvalue weighted by molar-refractivity contribution is -0.141. The Morgan fingerprint density at radius 1 is 1.25 bits per heavy atom. The van der Waals surface area contributed by atoms with E-state index < -0.39 is 23.9 Å². The standard InChI is InChI=1S/C13H21N3O4/c14-11(17)7-9(12(18)19)15-13(20)16-6-2-4-8-3-1-5-10(8)16/h8-10H,1-7H2,(H2,14,17)(H,15,20)(H,18,19). The number of fused-ring (bicyclic) bond motifs is 1. The molecule has 4 N–H and O–H groups in total. The Bertz CT molecular complexity index is 412. The number of amides is 3. The van der Waals surface area contributed by atoms with E-state index in [4.69, 9.17) is 10.8 Å². The summed E-state index contributed by atoms with van der Waals surface area (Å²) in [6, 6.07) is -1.43. The van der Waals surface area contributed by atoms with Gasteiger partial charge in [0.2, 0.25) is 5.91 Å². The molecule has 0 spiro atoms. The van der Waals surface area contributed by atoms with Crippen LogP contribution in [0, 0.1) is 5.92 Å². The van der Waals surface area contributed by atoms with Crippen LogP contribution in [0.3, 0.4) is 0 Å². The number of carboxylic acids is 1. The van der Waals surface area contributed by atoms with Crippen LogP contribution in [0.15, 0.2) is 0 Å². The summed E-state index contributed by atoms with van der Waals surface area (Å²) in [6.45, 7) is 0.649. The van der Waals surface area contributed by atoms with Crippen LogP contribution in [0.2, 0.25) is 0 Å². The molecular weight excluding hydrogens is 262 g/mol. The van der Waals surface area contributed by atoms with Crippen molar-refractivity contribution in [2.75, 3.05) is 6.54 Å². The fraction of sp³-hybridized carbons (Fsp3) is 0.769. The minimum atomic E-state index is -1.25. The van der Waals surface area contributed by atoms with Gasteiger partial charge in [0.1, 0.15) is 6.04 Å². The van der Waals surface area contributed by atoms with Gasteiger partial charge in [-0.3, -0.25) is 4.79 Å². The van der Waals surface area contributed by atoms with Crippen molar-refractivity contribution < 1.29 is 19.5 Å². The lowest BCUT2D eigenvalue weighted by Crippen LogP contribution is -2.54. The van der Waals surface area contributed by atoms with Gasteiger partial charge in [0.05, 0.1) is 6.42 Å². The number of piperidine rings is 1. The first kappa shape index (κ1) is 14.6. The highest BCUT2D eigenvalue weighted by atomic mass is 16.4. The molecule has 7 heteroatoms. The maximum atomic E-state index is 12.2. The van der Waals surface area contributed by atoms with Gasteiger partial charge in [-0.1, -0.05) is 6.42 Å². The van der Waals surface area contributed by atoms with Crippen molar-refractivity contribution in [3.05, 3.63) is 0 Å². The number of nitrogens with one attached hydrogen (secondary N) is 1. The molecule has 0 radical (unpaired) electrons. The monoisotopic (exact) mass is 283 g/mol. The van der Waals surface area contributed by atoms with Crippen molar-refractivity contribution >= 4 is 17.9 Å². The lowest BCUT2D eigenvalue weighted by Gasteiger charge is -2.38. The molecule has 3 amide bonds. The summed E-state index contributed by atoms with van der Waals surface area (Å²) in [7, 11) is 0. The van der Waals surface area contributed by atoms with Crippen LogP contribution >= 0.6 is 0 Å². The molecule has 112 valence electrons. The van der Waals surface area contributed by atoms with E-state index in [1.807, 2.05) is 0 Å². The number of aliphatic carboxylic acids is 1. The molecule has 3 unspecified atom stereocenters. The highest BCUT2D eigenvalue weighted by Gasteiger charge is 2.38. The molecule has 0 aromatic rings. The molecule has 0 bridgehead atoms. The van der Waals surface area contributed by atoms with E-state index in [0.29, 0.717) is 12.5 Å². The first-order chi connectivity index (χ1) is 9.49. The fourth-order valence-corrected chi connectivity index (χ4v) is 3.34. The summed E-state index contributed by atoms with van der Waals surface area (Å²) in [5.74, 6) is -1.44. The smallest absolute Gasteiger partial charge is 0.326 e. The van der Waals surface area contributed by atoms with Crippen molar-refractivity contribution in [1.82, 2.24) is 10.2 Å². The van der Waals surface area contributed by atoms with Crippen LogP contribution in [0.25, 0.3) is 0 Å². The van der Waals surface area contributed by atoms with Gasteiger partial charge in [-0.15, -0.1) is 0 Å². The molecule has 20 heavy (non-hydrogen) atoms. The highest BCUT2D eigenvalue weighted by molar-refractivity contribution is 5.87. The molecule has 0 aromatic carbocycles. The Morgan fingerprint density at radius 3 is 2.60 bits per heavy atom. The van der Waals surface area contributed by atoms with E-state index in [0.717, 1.165) is 32.1 Å². The van der Waals surface area contributed by atoms with Crippen molar-refractivity contribution in [1.29, 1.82) is 0 Å². The highest BCUT2D eigenvalue weighted by Crippen LogP contribution is 2.36. The van der Waals surface area contributed by atoms with Crippen LogP contribution in [-0.4, -0.2) is 46.5 Å². The minimum absolute atomic E-state index is 0.215. The maximum Gasteiger partial charge on any atom is 0.326 e. The number of hydrogen-bond donors (Lipinski definition) is 3. The fourth-order valence-electron chi connectivity index (χ4n) is 3.34. The predicted octanol–water partition coefficient (Wildman–Crippen LogP) is 0.289. The number of primary amides is 1. The number of likely N-dealkylation sites (tertiary alicyclic amines) is 1. The van der Waals surface area contributed by atoms with Gasteiger partial charge < -0.3 is 21.1 Å². The topological polar surface area (TPSA) is 113 Å². The summed E-state index contributed by atoms with van der Waals surface area (Å²) >= 11 is 0. The zero-order valence-corrected chi connectivity index (χ0v) is 11.4. The van der Waals surface area contributed by atoms with E-state index in [-0.39, 0.29) is 12.5 Å². The Balaban J connectivity index is 1.98. The Kier molecular flexibility index (Phi) is 4.46. The maximum absolute atomic E-state index is 12.2. The Hall–Kier alpha value is -1.79. The van der Waals surface area contributed by atoms with E-state index in [9.17, 15) is 14.4 Å². The lowest BCUT2D eigenvalue weighted by atomic mass is 9.92. The third-order valence-electron chi connectivity index (χ3n) is 4.26. The van der Waals surface area contributed by atoms with Crippen LogP contribution in [0.1, 0.15) is 38.5 Å². The first-order valence-corrected chi connectivity index (χ1v) is 7.07. The molecule has 3 atom stereocenters. The molecule has 1 heterocycles. The van der Waals surface area contributed by atoms with Crippen LogP contribution in [0.4, 0.5) is 4.79 Å². The van der Waals surface area contributed by atoms with Crippen LogP contribution < -0.4 is 11.1 Å². The second-order valence-electron chi connectivity index (χ2n) is 5.60. The molecule has 1 aliphatic carbocycles. The quantitative estimate of drug-likeness (QED) is 0.688. The number of nitrogens with two attached hydrogens (primary N) is 1. The number of carboxylic acid groups (broad SMARTS) is 1. The minimum Gasteiger partial charge on any atom is -0.480 e. The van der Waals surface area contributed by atoms with Crippen LogP contribution in [-0.2, 0) is 9.59 Å². The van der Waals surface area contributed by atoms with Gasteiger partial charge in [-0.25, -0.2) is 9.59 Å². The van der Waals surface area contributed by atoms with Gasteiger partial charge in [-0.05, 0) is 31.6 Å². The van der Waals surface area contributed by atoms with E-state index in [1.54, 1.807) is 4.90 Å². The normalized spacial score (nSPS) is 26.7. The Morgan fingerprint density at radius 2 is 1.95 bits per heavy atom. The summed E-state index contributed by atoms with van der Waals surface area (Å²) in [6.07, 6.45) is 4.93. The van der Waals surface area contributed by atoms with Crippen molar-refractivity contribution in [3.63, 3.8) is 0 Å². The van der Waals surface area contributed by atoms with Gasteiger partial charge in [-0.2, -0.15) is 0 Å². The molecule has 1 saturated heterocycles. The van der Waals surface area contributed by atoms with E-state index in [2.05, 4.69) is 5.32 Å². The molecule has 2 fully saturated rings. The average molecular weight is 283 g/mol. The molecule has 2 rings (SSSR count). The summed E-state index contributed by atoms with van der Waals surface area (Å²) in [5.41, 5.74) is 5.00. The summed E-state index contributed by atoms with van der Waals surface area (Å²) in [4.78, 5) is 35.9. The van der Waals surface area contributed by atoms with Gasteiger partial charge in [0.25, 0.3) is 0 Å². The van der Waals surface area contributed by atoms with Crippen molar-refractivity contribution in [2.45, 2.75) is 50.6 Å². The van der Waals surface area contributed by atoms with Crippen molar-refractivity contribution in [2.24, 2.45) is 11.7 Å². The molecule has 2 aliphatic rings. The van der Waals surface area contributed by atoms with Gasteiger partial charge in [0.15, 0.2) is 0 Å². The number of rotatable bonds is 4. The SMILES string of the molecule is NC(=O)CC(NC(=O)N1CCCC2CCCC21)C(=O)O. The number of hydrogen-bond acceptors (Lipinski definition) is 3. The second-order valence-corrected chi connectivity index (χ2v) is 5.60. The number of carbonyl (C=O) groups is 3. The van der Waals surface area contributed by atoms with E-state index in [1.165, 1.54) is 0 Å². The molecule has 1 aliphatic heterocycles. The van der Waals surface area contributed by atoms with Crippen molar-refractivity contribution in [3.8, 4) is 0 Å². The van der Waals surface area contributed by atoms with Crippen LogP contribution in [0.5, 0.6) is 0 Å². The zero-order valence-electron chi connectivity index (χ0n) is 11.4. The average Bonchev–Trinajstić information content (AvgIpc) is 2.84. The zero-order chi connectivity index (χ0) is 14.7. The third-order valence-corrected chi connectivity index (χ3v) is 4.26. The molecular formula is C13H21N3O4. The van der Waals surface area contributed by atoms with Gasteiger partial charge >= 0.3 is 12.0 Å². The molecule has 1 saturated carbocycles. The summed E-state index contributed by atoms with van der Waals surface area (Å²) in [5, 5.41) is 11.4. The largest absolute Gasteiger partial charge is 0.480 e. The number of carbonyl (C=O) groups excluding carboxylic acids is 2. The predicted molar refractivity (Wildman–Crippen MR) is 70.8 cm³/mol. The number of nitrogens with zero attached hydrogens (tertiary/aromatic N) is 1. The number of urea groups is 1. The van der Waals surface area contributed by atoms with E-state index >= 15 is 0 Å². The molecule has 0 aromatic heterocycles. The Labute approximate surface area is 117 Å². The third kappa shape index (κ3) is 3.20. The second kappa shape index (κ2) is 6.11.